The van der Waals surface area contributed by atoms with E-state index in [1.807, 2.05) is 0 Å². The highest BCUT2D eigenvalue weighted by Gasteiger charge is 2.16. The van der Waals surface area contributed by atoms with E-state index in [0.717, 1.165) is 0 Å². The zero-order valence-electron chi connectivity index (χ0n) is 14.9. The van der Waals surface area contributed by atoms with Gasteiger partial charge in [-0.3, -0.25) is 9.59 Å². The summed E-state index contributed by atoms with van der Waals surface area (Å²) in [5, 5.41) is 5.77. The van der Waals surface area contributed by atoms with Gasteiger partial charge in [0.15, 0.2) is 6.10 Å². The number of anilines is 2. The molecule has 1 unspecified atom stereocenters. The highest BCUT2D eigenvalue weighted by atomic mass is 35.5. The van der Waals surface area contributed by atoms with E-state index >= 15 is 0 Å². The summed E-state index contributed by atoms with van der Waals surface area (Å²) in [5.74, 6) is -1.31. The van der Waals surface area contributed by atoms with Gasteiger partial charge < -0.3 is 15.4 Å². The molecule has 0 saturated carbocycles. The molecule has 0 aliphatic carbocycles. The first-order valence-electron chi connectivity index (χ1n) is 8.17. The first-order valence-corrected chi connectivity index (χ1v) is 8.54. The van der Waals surface area contributed by atoms with Crippen molar-refractivity contribution in [3.63, 3.8) is 0 Å². The van der Waals surface area contributed by atoms with Gasteiger partial charge in [0.25, 0.3) is 5.91 Å². The van der Waals surface area contributed by atoms with Crippen LogP contribution in [0, 0.1) is 0 Å². The Kier molecular flexibility index (Phi) is 7.14. The average Bonchev–Trinajstić information content (AvgIpc) is 2.62. The minimum atomic E-state index is -0.983. The number of carbonyl (C=O) groups is 3. The van der Waals surface area contributed by atoms with E-state index in [9.17, 15) is 14.4 Å². The molecule has 2 amide bonds. The summed E-state index contributed by atoms with van der Waals surface area (Å²) < 4.78 is 5.08. The summed E-state index contributed by atoms with van der Waals surface area (Å²) in [6, 6.07) is 13.6. The van der Waals surface area contributed by atoms with Crippen LogP contribution < -0.4 is 10.6 Å². The van der Waals surface area contributed by atoms with Crippen LogP contribution in [0.1, 0.15) is 19.4 Å². The normalized spacial score (nSPS) is 11.7. The Morgan fingerprint density at radius 3 is 2.19 bits per heavy atom. The number of nitrogens with one attached hydrogen (secondary N) is 2. The molecule has 0 aliphatic heterocycles. The zero-order valence-corrected chi connectivity index (χ0v) is 15.6. The number of ether oxygens (including phenoxy) is 1. The minimum absolute atomic E-state index is 0.183. The van der Waals surface area contributed by atoms with Crippen molar-refractivity contribution in [2.24, 2.45) is 0 Å². The lowest BCUT2D eigenvalue weighted by atomic mass is 10.2. The van der Waals surface area contributed by atoms with Crippen LogP contribution in [-0.4, -0.2) is 23.9 Å². The van der Waals surface area contributed by atoms with Gasteiger partial charge in [-0.2, -0.15) is 0 Å². The minimum Gasteiger partial charge on any atom is -0.449 e. The van der Waals surface area contributed by atoms with Gasteiger partial charge in [0.1, 0.15) is 0 Å². The largest absolute Gasteiger partial charge is 0.449 e. The molecule has 2 rings (SSSR count). The van der Waals surface area contributed by atoms with E-state index in [1.54, 1.807) is 48.5 Å². The smallest absolute Gasteiger partial charge is 0.331 e. The topological polar surface area (TPSA) is 84.5 Å². The van der Waals surface area contributed by atoms with Crippen LogP contribution in [-0.2, 0) is 19.1 Å². The lowest BCUT2D eigenvalue weighted by Gasteiger charge is -2.12. The maximum atomic E-state index is 12.1. The Labute approximate surface area is 162 Å². The molecule has 0 heterocycles. The molecule has 6 nitrogen and oxygen atoms in total. The van der Waals surface area contributed by atoms with Gasteiger partial charge >= 0.3 is 5.97 Å². The Balaban J connectivity index is 1.88. The van der Waals surface area contributed by atoms with E-state index in [0.29, 0.717) is 22.0 Å². The number of benzene rings is 2. The molecule has 0 saturated heterocycles. The average molecular weight is 387 g/mol. The molecule has 0 aliphatic rings. The fraction of sp³-hybridized carbons (Fsp3) is 0.150. The monoisotopic (exact) mass is 386 g/mol. The van der Waals surface area contributed by atoms with Gasteiger partial charge in [0, 0.05) is 29.4 Å². The number of halogens is 1. The van der Waals surface area contributed by atoms with Gasteiger partial charge in [0.2, 0.25) is 5.91 Å². The van der Waals surface area contributed by atoms with Crippen molar-refractivity contribution in [2.45, 2.75) is 20.0 Å². The summed E-state index contributed by atoms with van der Waals surface area (Å²) in [5.41, 5.74) is 1.81. The lowest BCUT2D eigenvalue weighted by molar-refractivity contribution is -0.148. The van der Waals surface area contributed by atoms with Crippen LogP contribution in [0.5, 0.6) is 0 Å². The van der Waals surface area contributed by atoms with Crippen molar-refractivity contribution in [2.75, 3.05) is 10.6 Å². The summed E-state index contributed by atoms with van der Waals surface area (Å²) >= 11 is 6.00. The maximum absolute atomic E-state index is 12.1. The third-order valence-corrected chi connectivity index (χ3v) is 3.78. The van der Waals surface area contributed by atoms with E-state index < -0.39 is 18.0 Å². The lowest BCUT2D eigenvalue weighted by Crippen LogP contribution is -2.29. The molecule has 0 radical (unpaired) electrons. The number of hydrogen-bond acceptors (Lipinski definition) is 4. The fourth-order valence-corrected chi connectivity index (χ4v) is 2.32. The van der Waals surface area contributed by atoms with Crippen LogP contribution in [0.25, 0.3) is 6.08 Å². The highest BCUT2D eigenvalue weighted by molar-refractivity contribution is 6.32. The molecule has 0 fully saturated rings. The second kappa shape index (κ2) is 9.54. The predicted molar refractivity (Wildman–Crippen MR) is 105 cm³/mol. The number of rotatable bonds is 6. The Hall–Kier alpha value is -3.12. The van der Waals surface area contributed by atoms with Crippen molar-refractivity contribution in [1.29, 1.82) is 0 Å². The van der Waals surface area contributed by atoms with Gasteiger partial charge in [-0.1, -0.05) is 29.8 Å². The molecule has 1 atom stereocenters. The molecule has 2 N–H and O–H groups in total. The van der Waals surface area contributed by atoms with Crippen molar-refractivity contribution >= 4 is 46.8 Å². The van der Waals surface area contributed by atoms with Crippen LogP contribution in [0.15, 0.2) is 54.6 Å². The summed E-state index contributed by atoms with van der Waals surface area (Å²) in [4.78, 5) is 35.0. The standard InChI is InChI=1S/C20H19ClN2O4/c1-13(27-19(25)12-7-15-5-3-4-6-18(15)21)20(26)23-17-10-8-16(9-11-17)22-14(2)24/h3-13H,1-2H3,(H,22,24)(H,23,26)/b12-7+. The number of esters is 1. The van der Waals surface area contributed by atoms with E-state index in [-0.39, 0.29) is 5.91 Å². The third kappa shape index (κ3) is 6.60. The van der Waals surface area contributed by atoms with Gasteiger partial charge in [-0.15, -0.1) is 0 Å². The molecule has 7 heteroatoms. The highest BCUT2D eigenvalue weighted by Crippen LogP contribution is 2.17. The van der Waals surface area contributed by atoms with Crippen LogP contribution in [0.4, 0.5) is 11.4 Å². The van der Waals surface area contributed by atoms with Crippen molar-refractivity contribution in [3.05, 3.63) is 65.2 Å². The Morgan fingerprint density at radius 2 is 1.59 bits per heavy atom. The number of hydrogen-bond donors (Lipinski definition) is 2. The Bertz CT molecular complexity index is 863. The molecule has 2 aromatic carbocycles. The van der Waals surface area contributed by atoms with E-state index in [1.165, 1.54) is 26.0 Å². The third-order valence-electron chi connectivity index (χ3n) is 3.44. The molecule has 0 spiro atoms. The molecule has 140 valence electrons. The van der Waals surface area contributed by atoms with Crippen LogP contribution in [0.3, 0.4) is 0 Å². The predicted octanol–water partition coefficient (Wildman–Crippen LogP) is 3.88. The second-order valence-corrected chi connectivity index (χ2v) is 6.09. The van der Waals surface area contributed by atoms with Gasteiger partial charge in [0.05, 0.1) is 0 Å². The number of amides is 2. The van der Waals surface area contributed by atoms with Gasteiger partial charge in [-0.05, 0) is 48.9 Å². The molecular formula is C20H19ClN2O4. The van der Waals surface area contributed by atoms with E-state index in [4.69, 9.17) is 16.3 Å². The molecule has 2 aromatic rings. The number of carbonyl (C=O) groups excluding carboxylic acids is 3. The quantitative estimate of drug-likeness (QED) is 0.582. The summed E-state index contributed by atoms with van der Waals surface area (Å²) in [6.07, 6.45) is 1.76. The van der Waals surface area contributed by atoms with E-state index in [2.05, 4.69) is 10.6 Å². The van der Waals surface area contributed by atoms with Crippen molar-refractivity contribution < 1.29 is 19.1 Å². The summed E-state index contributed by atoms with van der Waals surface area (Å²) in [7, 11) is 0. The molecular weight excluding hydrogens is 368 g/mol. The Morgan fingerprint density at radius 1 is 1.00 bits per heavy atom. The van der Waals surface area contributed by atoms with Crippen molar-refractivity contribution in [3.8, 4) is 0 Å². The van der Waals surface area contributed by atoms with Crippen LogP contribution >= 0.6 is 11.6 Å². The summed E-state index contributed by atoms with van der Waals surface area (Å²) in [6.45, 7) is 2.88. The first kappa shape index (κ1) is 20.2. The SMILES string of the molecule is CC(=O)Nc1ccc(NC(=O)C(C)OC(=O)/C=C/c2ccccc2Cl)cc1. The second-order valence-electron chi connectivity index (χ2n) is 5.68. The zero-order chi connectivity index (χ0) is 19.8. The molecule has 0 bridgehead atoms. The van der Waals surface area contributed by atoms with Crippen molar-refractivity contribution in [1.82, 2.24) is 0 Å². The maximum Gasteiger partial charge on any atom is 0.331 e. The molecule has 0 aromatic heterocycles. The van der Waals surface area contributed by atoms with Crippen LogP contribution in [0.2, 0.25) is 5.02 Å². The fourth-order valence-electron chi connectivity index (χ4n) is 2.12. The van der Waals surface area contributed by atoms with Gasteiger partial charge in [-0.25, -0.2) is 4.79 Å². The first-order chi connectivity index (χ1) is 12.8. The molecule has 27 heavy (non-hydrogen) atoms.